The summed E-state index contributed by atoms with van der Waals surface area (Å²) < 4.78 is 6.88. The first-order valence-corrected chi connectivity index (χ1v) is 14.2. The number of aryl methyl sites for hydroxylation is 3. The molecule has 0 atom stereocenters. The van der Waals surface area contributed by atoms with Crippen LogP contribution in [0.4, 0.5) is 5.00 Å². The number of aromatic nitrogens is 3. The Morgan fingerprint density at radius 3 is 2.54 bits per heavy atom. The first-order valence-electron chi connectivity index (χ1n) is 11.6. The quantitative estimate of drug-likeness (QED) is 0.142. The number of nitrogens with zero attached hydrogens (tertiary/aromatic N) is 3. The summed E-state index contributed by atoms with van der Waals surface area (Å²) >= 11 is 4.33. The molecule has 4 aromatic rings. The maximum Gasteiger partial charge on any atom is 0.341 e. The number of nitrogens with one attached hydrogen (secondary N) is 1. The van der Waals surface area contributed by atoms with Gasteiger partial charge in [0, 0.05) is 32.8 Å². The van der Waals surface area contributed by atoms with Gasteiger partial charge in [-0.2, -0.15) is 0 Å². The number of allylic oxidation sites excluding steroid dienone is 1. The van der Waals surface area contributed by atoms with Crippen molar-refractivity contribution in [3.05, 3.63) is 68.7 Å². The Balaban J connectivity index is 1.58. The third-order valence-corrected chi connectivity index (χ3v) is 8.95. The molecule has 192 valence electrons. The van der Waals surface area contributed by atoms with Gasteiger partial charge < -0.3 is 10.1 Å². The molecule has 0 saturated carbocycles. The molecule has 1 aromatic carbocycles. The average Bonchev–Trinajstić information content (AvgIpc) is 3.53. The van der Waals surface area contributed by atoms with Crippen LogP contribution in [-0.4, -0.2) is 39.5 Å². The van der Waals surface area contributed by atoms with E-state index in [0.717, 1.165) is 33.0 Å². The van der Waals surface area contributed by atoms with Gasteiger partial charge in [-0.15, -0.1) is 39.4 Å². The van der Waals surface area contributed by atoms with Crippen molar-refractivity contribution in [2.45, 2.75) is 39.4 Å². The lowest BCUT2D eigenvalue weighted by Crippen LogP contribution is -2.16. The molecule has 0 aliphatic heterocycles. The Morgan fingerprint density at radius 1 is 1.14 bits per heavy atom. The van der Waals surface area contributed by atoms with E-state index in [-0.39, 0.29) is 11.7 Å². The molecule has 0 fully saturated rings. The second-order valence-corrected chi connectivity index (χ2v) is 11.7. The third-order valence-electron chi connectivity index (χ3n) is 5.94. The Labute approximate surface area is 228 Å². The minimum absolute atomic E-state index is 0.110. The monoisotopic (exact) mass is 552 g/mol. The highest BCUT2D eigenvalue weighted by Crippen LogP contribution is 2.39. The summed E-state index contributed by atoms with van der Waals surface area (Å²) in [5.41, 5.74) is 5.68. The van der Waals surface area contributed by atoms with Gasteiger partial charge in [0.15, 0.2) is 11.0 Å². The standard InChI is InChI=1S/C27H28N4O3S3/c1-7-12-31-24(20-13-35-18(5)23(20)19-10-8-15(2)9-11-19)29-30-27(31)36-14-21(32)28-25-22(26(33)34-6)16(3)17(4)37-25/h7-11,13H,1,12,14H2,2-6H3,(H,28,32). The van der Waals surface area contributed by atoms with Gasteiger partial charge in [-0.05, 0) is 38.8 Å². The van der Waals surface area contributed by atoms with Crippen molar-refractivity contribution in [3.8, 4) is 22.5 Å². The SMILES string of the molecule is C=CCn1c(SCC(=O)Nc2sc(C)c(C)c2C(=O)OC)nnc1-c1csc(C)c1-c1ccc(C)cc1. The van der Waals surface area contributed by atoms with Crippen molar-refractivity contribution in [1.82, 2.24) is 14.8 Å². The lowest BCUT2D eigenvalue weighted by atomic mass is 10.0. The molecule has 0 spiro atoms. The summed E-state index contributed by atoms with van der Waals surface area (Å²) in [5, 5.41) is 15.0. The second-order valence-electron chi connectivity index (χ2n) is 8.47. The lowest BCUT2D eigenvalue weighted by Gasteiger charge is -2.10. The largest absolute Gasteiger partial charge is 0.465 e. The van der Waals surface area contributed by atoms with Crippen molar-refractivity contribution in [1.29, 1.82) is 0 Å². The molecule has 0 radical (unpaired) electrons. The fourth-order valence-corrected chi connectivity index (χ4v) is 6.62. The van der Waals surface area contributed by atoms with Crippen LogP contribution in [-0.2, 0) is 16.1 Å². The summed E-state index contributed by atoms with van der Waals surface area (Å²) in [6.07, 6.45) is 1.79. The van der Waals surface area contributed by atoms with Crippen LogP contribution < -0.4 is 5.32 Å². The molecular weight excluding hydrogens is 525 g/mol. The number of carbonyl (C=O) groups excluding carboxylic acids is 2. The number of methoxy groups -OCH3 is 1. The van der Waals surface area contributed by atoms with Gasteiger partial charge in [-0.3, -0.25) is 9.36 Å². The molecule has 3 aromatic heterocycles. The number of hydrogen-bond donors (Lipinski definition) is 1. The molecule has 0 unspecified atom stereocenters. The summed E-state index contributed by atoms with van der Waals surface area (Å²) in [6, 6.07) is 8.46. The minimum Gasteiger partial charge on any atom is -0.465 e. The third kappa shape index (κ3) is 5.56. The Hall–Kier alpha value is -3.21. The Kier molecular flexibility index (Phi) is 8.31. The highest BCUT2D eigenvalue weighted by molar-refractivity contribution is 7.99. The average molecular weight is 553 g/mol. The van der Waals surface area contributed by atoms with E-state index in [9.17, 15) is 9.59 Å². The number of rotatable bonds is 9. The van der Waals surface area contributed by atoms with Crippen LogP contribution in [0, 0.1) is 27.7 Å². The lowest BCUT2D eigenvalue weighted by molar-refractivity contribution is -0.113. The van der Waals surface area contributed by atoms with Crippen molar-refractivity contribution in [2.24, 2.45) is 0 Å². The molecule has 37 heavy (non-hydrogen) atoms. The van der Waals surface area contributed by atoms with Crippen LogP contribution in [0.25, 0.3) is 22.5 Å². The molecule has 0 saturated heterocycles. The molecule has 0 aliphatic carbocycles. The molecule has 7 nitrogen and oxygen atoms in total. The smallest absolute Gasteiger partial charge is 0.341 e. The number of thiophene rings is 2. The van der Waals surface area contributed by atoms with E-state index in [1.165, 1.54) is 40.6 Å². The predicted octanol–water partition coefficient (Wildman–Crippen LogP) is 6.67. The number of ether oxygens (including phenoxy) is 1. The predicted molar refractivity (Wildman–Crippen MR) is 153 cm³/mol. The molecule has 0 bridgehead atoms. The van der Waals surface area contributed by atoms with Crippen molar-refractivity contribution in [3.63, 3.8) is 0 Å². The zero-order valence-corrected chi connectivity index (χ0v) is 23.8. The fraction of sp³-hybridized carbons (Fsp3) is 0.259. The van der Waals surface area contributed by atoms with E-state index in [1.54, 1.807) is 17.4 Å². The minimum atomic E-state index is -0.462. The topological polar surface area (TPSA) is 86.1 Å². The number of hydrogen-bond acceptors (Lipinski definition) is 8. The van der Waals surface area contributed by atoms with Crippen molar-refractivity contribution in [2.75, 3.05) is 18.2 Å². The molecule has 3 heterocycles. The van der Waals surface area contributed by atoms with Gasteiger partial charge in [0.05, 0.1) is 18.4 Å². The summed E-state index contributed by atoms with van der Waals surface area (Å²) in [6.45, 7) is 12.3. The van der Waals surface area contributed by atoms with E-state index >= 15 is 0 Å². The van der Waals surface area contributed by atoms with Gasteiger partial charge in [0.2, 0.25) is 5.91 Å². The van der Waals surface area contributed by atoms with Crippen LogP contribution in [0.1, 0.15) is 31.2 Å². The van der Waals surface area contributed by atoms with E-state index < -0.39 is 5.97 Å². The maximum atomic E-state index is 12.8. The van der Waals surface area contributed by atoms with Gasteiger partial charge in [0.1, 0.15) is 5.00 Å². The van der Waals surface area contributed by atoms with Gasteiger partial charge >= 0.3 is 5.97 Å². The van der Waals surface area contributed by atoms with Crippen LogP contribution in [0.3, 0.4) is 0 Å². The summed E-state index contributed by atoms with van der Waals surface area (Å²) in [5.74, 6) is 0.146. The number of esters is 1. The molecule has 4 rings (SSSR count). The zero-order chi connectivity index (χ0) is 26.7. The van der Waals surface area contributed by atoms with Crippen molar-refractivity contribution < 1.29 is 14.3 Å². The molecule has 10 heteroatoms. The first kappa shape index (κ1) is 26.8. The Morgan fingerprint density at radius 2 is 1.86 bits per heavy atom. The highest BCUT2D eigenvalue weighted by Gasteiger charge is 2.23. The molecular formula is C27H28N4O3S3. The molecule has 1 N–H and O–H groups in total. The van der Waals surface area contributed by atoms with Crippen LogP contribution in [0.2, 0.25) is 0 Å². The fourth-order valence-electron chi connectivity index (χ4n) is 3.94. The first-order chi connectivity index (χ1) is 17.7. The van der Waals surface area contributed by atoms with Crippen LogP contribution >= 0.6 is 34.4 Å². The van der Waals surface area contributed by atoms with Crippen molar-refractivity contribution >= 4 is 51.3 Å². The normalized spacial score (nSPS) is 10.9. The molecule has 1 amide bonds. The van der Waals surface area contributed by atoms with E-state index in [0.29, 0.717) is 22.3 Å². The van der Waals surface area contributed by atoms with Crippen LogP contribution in [0.15, 0.2) is 47.5 Å². The van der Waals surface area contributed by atoms with E-state index in [2.05, 4.69) is 65.6 Å². The zero-order valence-electron chi connectivity index (χ0n) is 21.4. The maximum absolute atomic E-state index is 12.8. The number of thioether (sulfide) groups is 1. The number of amides is 1. The highest BCUT2D eigenvalue weighted by atomic mass is 32.2. The summed E-state index contributed by atoms with van der Waals surface area (Å²) in [4.78, 5) is 27.2. The second kappa shape index (κ2) is 11.5. The number of carbonyl (C=O) groups is 2. The Bertz CT molecular complexity index is 1460. The van der Waals surface area contributed by atoms with Gasteiger partial charge in [-0.1, -0.05) is 47.7 Å². The molecule has 0 aliphatic rings. The van der Waals surface area contributed by atoms with E-state index in [4.69, 9.17) is 4.74 Å². The summed E-state index contributed by atoms with van der Waals surface area (Å²) in [7, 11) is 1.33. The van der Waals surface area contributed by atoms with Gasteiger partial charge in [0.25, 0.3) is 0 Å². The van der Waals surface area contributed by atoms with Crippen LogP contribution in [0.5, 0.6) is 0 Å². The van der Waals surface area contributed by atoms with E-state index in [1.807, 2.05) is 18.4 Å². The number of benzene rings is 1. The number of anilines is 1. The van der Waals surface area contributed by atoms with Gasteiger partial charge in [-0.25, -0.2) is 4.79 Å².